The van der Waals surface area contributed by atoms with E-state index in [-0.39, 0.29) is 23.9 Å². The first kappa shape index (κ1) is 18.4. The van der Waals surface area contributed by atoms with Gasteiger partial charge in [0.2, 0.25) is 5.91 Å². The van der Waals surface area contributed by atoms with Crippen LogP contribution in [0.15, 0.2) is 24.3 Å². The lowest BCUT2D eigenvalue weighted by Gasteiger charge is -2.37. The van der Waals surface area contributed by atoms with Crippen LogP contribution in [-0.4, -0.2) is 54.9 Å². The van der Waals surface area contributed by atoms with Gasteiger partial charge in [-0.3, -0.25) is 4.79 Å². The minimum absolute atomic E-state index is 0.0496. The molecule has 1 aromatic carbocycles. The number of likely N-dealkylation sites (N-methyl/N-ethyl adjacent to an activating group) is 1. The van der Waals surface area contributed by atoms with Crippen molar-refractivity contribution in [2.75, 3.05) is 13.3 Å². The van der Waals surface area contributed by atoms with Crippen LogP contribution in [-0.2, 0) is 21.1 Å². The first-order valence-electron chi connectivity index (χ1n) is 7.97. The van der Waals surface area contributed by atoms with E-state index in [1.54, 1.807) is 25.2 Å². The Hall–Kier alpha value is -1.89. The van der Waals surface area contributed by atoms with Crippen LogP contribution in [0.2, 0.25) is 0 Å². The molecule has 1 N–H and O–H groups in total. The van der Waals surface area contributed by atoms with Crippen molar-refractivity contribution in [2.24, 2.45) is 0 Å². The largest absolute Gasteiger partial charge is 0.478 e. The molecule has 6 nitrogen and oxygen atoms in total. The number of nitrogens with zero attached hydrogens (tertiary/aromatic N) is 1. The number of carboxylic acids is 1. The Kier molecular flexibility index (Phi) is 5.64. The number of sulfone groups is 1. The van der Waals surface area contributed by atoms with Gasteiger partial charge in [0.1, 0.15) is 0 Å². The molecule has 1 fully saturated rings. The molecule has 1 aromatic rings. The molecule has 0 bridgehead atoms. The molecule has 1 aliphatic rings. The normalized spacial score (nSPS) is 21.2. The zero-order chi connectivity index (χ0) is 17.9. The molecule has 0 saturated heterocycles. The SMILES string of the molecule is CN(C(=O)Cc1ccccc1C(=O)O)C1CCCCC1S(C)(=O)=O. The molecule has 132 valence electrons. The fourth-order valence-electron chi connectivity index (χ4n) is 3.38. The molecule has 0 aliphatic heterocycles. The summed E-state index contributed by atoms with van der Waals surface area (Å²) >= 11 is 0. The monoisotopic (exact) mass is 353 g/mol. The number of hydrogen-bond donors (Lipinski definition) is 1. The van der Waals surface area contributed by atoms with Crippen LogP contribution in [0.25, 0.3) is 0 Å². The van der Waals surface area contributed by atoms with E-state index in [1.807, 2.05) is 0 Å². The number of aromatic carboxylic acids is 1. The number of carbonyl (C=O) groups is 2. The maximum Gasteiger partial charge on any atom is 0.335 e. The molecule has 1 saturated carbocycles. The Morgan fingerprint density at radius 1 is 1.21 bits per heavy atom. The van der Waals surface area contributed by atoms with Gasteiger partial charge in [-0.05, 0) is 24.5 Å². The number of hydrogen-bond acceptors (Lipinski definition) is 4. The van der Waals surface area contributed by atoms with Gasteiger partial charge in [0.25, 0.3) is 0 Å². The minimum Gasteiger partial charge on any atom is -0.478 e. The molecule has 2 unspecified atom stereocenters. The van der Waals surface area contributed by atoms with Gasteiger partial charge in [-0.15, -0.1) is 0 Å². The van der Waals surface area contributed by atoms with E-state index in [2.05, 4.69) is 0 Å². The van der Waals surface area contributed by atoms with Crippen molar-refractivity contribution in [3.8, 4) is 0 Å². The third-order valence-corrected chi connectivity index (χ3v) is 6.35. The average molecular weight is 353 g/mol. The molecular weight excluding hydrogens is 330 g/mol. The summed E-state index contributed by atoms with van der Waals surface area (Å²) < 4.78 is 24.0. The molecule has 24 heavy (non-hydrogen) atoms. The Morgan fingerprint density at radius 2 is 1.83 bits per heavy atom. The van der Waals surface area contributed by atoms with E-state index in [1.165, 1.54) is 17.2 Å². The number of amides is 1. The van der Waals surface area contributed by atoms with Crippen molar-refractivity contribution < 1.29 is 23.1 Å². The maximum absolute atomic E-state index is 12.6. The van der Waals surface area contributed by atoms with Crippen LogP contribution >= 0.6 is 0 Å². The molecular formula is C17H23NO5S. The van der Waals surface area contributed by atoms with E-state index < -0.39 is 21.1 Å². The van der Waals surface area contributed by atoms with E-state index in [9.17, 15) is 23.1 Å². The van der Waals surface area contributed by atoms with Crippen molar-refractivity contribution in [3.63, 3.8) is 0 Å². The Labute approximate surface area is 142 Å². The molecule has 7 heteroatoms. The number of carbonyl (C=O) groups excluding carboxylic acids is 1. The minimum atomic E-state index is -3.24. The van der Waals surface area contributed by atoms with Gasteiger partial charge in [-0.25, -0.2) is 13.2 Å². The van der Waals surface area contributed by atoms with Gasteiger partial charge in [0.05, 0.1) is 17.2 Å². The van der Waals surface area contributed by atoms with E-state index >= 15 is 0 Å². The van der Waals surface area contributed by atoms with Crippen molar-refractivity contribution in [3.05, 3.63) is 35.4 Å². The molecule has 2 rings (SSSR count). The third kappa shape index (κ3) is 4.14. The van der Waals surface area contributed by atoms with Crippen molar-refractivity contribution >= 4 is 21.7 Å². The number of rotatable bonds is 5. The highest BCUT2D eigenvalue weighted by Crippen LogP contribution is 2.28. The summed E-state index contributed by atoms with van der Waals surface area (Å²) in [6.45, 7) is 0. The fourth-order valence-corrected chi connectivity index (χ4v) is 4.86. The predicted octanol–water partition coefficient (Wildman–Crippen LogP) is 1.74. The van der Waals surface area contributed by atoms with Crippen LogP contribution in [0.4, 0.5) is 0 Å². The van der Waals surface area contributed by atoms with Gasteiger partial charge in [-0.1, -0.05) is 31.0 Å². The summed E-state index contributed by atoms with van der Waals surface area (Å²) in [5.74, 6) is -1.34. The molecule has 0 spiro atoms. The Balaban J connectivity index is 2.19. The first-order chi connectivity index (χ1) is 11.2. The van der Waals surface area contributed by atoms with Crippen LogP contribution in [0.5, 0.6) is 0 Å². The second kappa shape index (κ2) is 7.34. The maximum atomic E-state index is 12.6. The van der Waals surface area contributed by atoms with Gasteiger partial charge < -0.3 is 10.0 Å². The van der Waals surface area contributed by atoms with E-state index in [0.29, 0.717) is 18.4 Å². The fraction of sp³-hybridized carbons (Fsp3) is 0.529. The standard InChI is InChI=1S/C17H23NO5S/c1-18(14-9-5-6-10-15(14)24(2,22)23)16(19)11-12-7-3-4-8-13(12)17(20)21/h3-4,7-8,14-15H,5-6,9-11H2,1-2H3,(H,20,21). The Morgan fingerprint density at radius 3 is 2.46 bits per heavy atom. The van der Waals surface area contributed by atoms with Crippen LogP contribution in [0.3, 0.4) is 0 Å². The first-order valence-corrected chi connectivity index (χ1v) is 9.93. The Bertz CT molecular complexity index is 728. The summed E-state index contributed by atoms with van der Waals surface area (Å²) in [6, 6.07) is 6.03. The highest BCUT2D eigenvalue weighted by Gasteiger charge is 2.36. The summed E-state index contributed by atoms with van der Waals surface area (Å²) in [6.07, 6.45) is 4.12. The quantitative estimate of drug-likeness (QED) is 0.870. The third-order valence-electron chi connectivity index (χ3n) is 4.70. The zero-order valence-corrected chi connectivity index (χ0v) is 14.8. The zero-order valence-electron chi connectivity index (χ0n) is 13.9. The highest BCUT2D eigenvalue weighted by atomic mass is 32.2. The topological polar surface area (TPSA) is 91.8 Å². The van der Waals surface area contributed by atoms with Gasteiger partial charge >= 0.3 is 5.97 Å². The van der Waals surface area contributed by atoms with E-state index in [0.717, 1.165) is 12.8 Å². The molecule has 1 amide bonds. The molecule has 0 radical (unpaired) electrons. The smallest absolute Gasteiger partial charge is 0.335 e. The van der Waals surface area contributed by atoms with E-state index in [4.69, 9.17) is 0 Å². The summed E-state index contributed by atoms with van der Waals surface area (Å²) in [4.78, 5) is 25.3. The van der Waals surface area contributed by atoms with Crippen molar-refractivity contribution in [2.45, 2.75) is 43.4 Å². The lowest BCUT2D eigenvalue weighted by molar-refractivity contribution is -0.131. The van der Waals surface area contributed by atoms with Crippen molar-refractivity contribution in [1.82, 2.24) is 4.90 Å². The molecule has 0 aromatic heterocycles. The summed E-state index contributed by atoms with van der Waals surface area (Å²) in [5.41, 5.74) is 0.538. The average Bonchev–Trinajstić information content (AvgIpc) is 2.53. The second-order valence-corrected chi connectivity index (χ2v) is 8.63. The number of benzene rings is 1. The molecule has 1 aliphatic carbocycles. The molecule has 2 atom stereocenters. The highest BCUT2D eigenvalue weighted by molar-refractivity contribution is 7.91. The molecule has 0 heterocycles. The van der Waals surface area contributed by atoms with Gasteiger partial charge in [0.15, 0.2) is 9.84 Å². The van der Waals surface area contributed by atoms with Crippen LogP contribution < -0.4 is 0 Å². The van der Waals surface area contributed by atoms with Gasteiger partial charge in [-0.2, -0.15) is 0 Å². The van der Waals surface area contributed by atoms with Crippen molar-refractivity contribution in [1.29, 1.82) is 0 Å². The predicted molar refractivity (Wildman–Crippen MR) is 90.8 cm³/mol. The van der Waals surface area contributed by atoms with Crippen LogP contribution in [0.1, 0.15) is 41.6 Å². The summed E-state index contributed by atoms with van der Waals surface area (Å²) in [7, 11) is -1.63. The van der Waals surface area contributed by atoms with Crippen LogP contribution in [0, 0.1) is 0 Å². The summed E-state index contributed by atoms with van der Waals surface area (Å²) in [5, 5.41) is 8.66. The lowest BCUT2D eigenvalue weighted by atomic mass is 9.93. The van der Waals surface area contributed by atoms with Gasteiger partial charge in [0, 0.05) is 19.3 Å². The lowest BCUT2D eigenvalue weighted by Crippen LogP contribution is -2.49. The second-order valence-electron chi connectivity index (χ2n) is 6.36. The number of carboxylic acid groups (broad SMARTS) is 1.